The van der Waals surface area contributed by atoms with Crippen LogP contribution in [-0.2, 0) is 14.2 Å². The Morgan fingerprint density at radius 1 is 0.882 bits per heavy atom. The predicted octanol–water partition coefficient (Wildman–Crippen LogP) is 6.51. The van der Waals surface area contributed by atoms with Gasteiger partial charge in [-0.3, -0.25) is 0 Å². The Morgan fingerprint density at radius 2 is 1.50 bits per heavy atom. The molecule has 0 bridgehead atoms. The van der Waals surface area contributed by atoms with Crippen molar-refractivity contribution in [1.82, 2.24) is 0 Å². The summed E-state index contributed by atoms with van der Waals surface area (Å²) in [5.74, 6) is 1.09. The number of phenols is 1. The molecule has 3 unspecified atom stereocenters. The normalized spacial score (nSPS) is 17.2. The van der Waals surface area contributed by atoms with Gasteiger partial charge in [0.05, 0.1) is 32.0 Å². The minimum atomic E-state index is -0.0528. The summed E-state index contributed by atoms with van der Waals surface area (Å²) in [5.41, 5.74) is 0. The highest BCUT2D eigenvalue weighted by atomic mass is 32.2. The zero-order valence-electron chi connectivity index (χ0n) is 20.3. The molecule has 0 spiro atoms. The molecule has 0 aromatic heterocycles. The maximum atomic E-state index is 11.1. The van der Waals surface area contributed by atoms with Crippen LogP contribution < -0.4 is 4.74 Å². The van der Waals surface area contributed by atoms with E-state index in [0.717, 1.165) is 56.5 Å². The van der Waals surface area contributed by atoms with Crippen LogP contribution in [0.15, 0.2) is 46.2 Å². The van der Waals surface area contributed by atoms with Gasteiger partial charge in [0.1, 0.15) is 24.2 Å². The number of rotatable bonds is 13. The molecular weight excluding hydrogens is 468 g/mol. The quantitative estimate of drug-likeness (QED) is 0.162. The van der Waals surface area contributed by atoms with Crippen LogP contribution in [0.2, 0.25) is 0 Å². The zero-order valence-corrected chi connectivity index (χ0v) is 22.0. The lowest BCUT2D eigenvalue weighted by molar-refractivity contribution is -0.0593. The number of phenolic OH excluding ortho intramolecular Hbond substituents is 1. The van der Waals surface area contributed by atoms with Crippen molar-refractivity contribution in [2.45, 2.75) is 54.8 Å². The molecule has 3 aromatic carbocycles. The third kappa shape index (κ3) is 5.94. The molecule has 4 rings (SSSR count). The van der Waals surface area contributed by atoms with Crippen LogP contribution >= 0.6 is 23.5 Å². The summed E-state index contributed by atoms with van der Waals surface area (Å²) in [7, 11) is 0. The predicted molar refractivity (Wildman–Crippen MR) is 142 cm³/mol. The van der Waals surface area contributed by atoms with E-state index in [0.29, 0.717) is 25.6 Å². The third-order valence-electron chi connectivity index (χ3n) is 6.22. The van der Waals surface area contributed by atoms with Crippen molar-refractivity contribution in [3.63, 3.8) is 0 Å². The van der Waals surface area contributed by atoms with E-state index >= 15 is 0 Å². The van der Waals surface area contributed by atoms with Gasteiger partial charge in [0, 0.05) is 31.3 Å². The molecule has 3 atom stereocenters. The Kier molecular flexibility index (Phi) is 8.88. The lowest BCUT2D eigenvalue weighted by Gasteiger charge is -2.22. The maximum Gasteiger partial charge on any atom is 0.135 e. The number of hydrogen-bond donors (Lipinski definition) is 1. The van der Waals surface area contributed by atoms with E-state index in [2.05, 4.69) is 32.2 Å². The SMILES string of the molecule is CCC(COc1c2ccc(SC)cc2c(O)c2ccc(SC)cc12)OCC(CC)OCC1CO1. The summed E-state index contributed by atoms with van der Waals surface area (Å²) in [6, 6.07) is 12.3. The molecule has 1 N–H and O–H groups in total. The molecule has 1 saturated heterocycles. The van der Waals surface area contributed by atoms with Crippen LogP contribution in [0.4, 0.5) is 0 Å². The molecule has 0 amide bonds. The summed E-state index contributed by atoms with van der Waals surface area (Å²) >= 11 is 3.33. The van der Waals surface area contributed by atoms with Crippen LogP contribution in [-0.4, -0.2) is 62.4 Å². The van der Waals surface area contributed by atoms with Gasteiger partial charge in [-0.05, 0) is 61.8 Å². The second-order valence-corrected chi connectivity index (χ2v) is 10.3. The van der Waals surface area contributed by atoms with E-state index in [1.807, 2.05) is 30.5 Å². The van der Waals surface area contributed by atoms with Crippen molar-refractivity contribution in [2.75, 3.05) is 38.9 Å². The van der Waals surface area contributed by atoms with Gasteiger partial charge in [0.15, 0.2) is 0 Å². The highest BCUT2D eigenvalue weighted by Crippen LogP contribution is 2.44. The summed E-state index contributed by atoms with van der Waals surface area (Å²) in [5, 5.41) is 14.5. The van der Waals surface area contributed by atoms with Gasteiger partial charge >= 0.3 is 0 Å². The Hall–Kier alpha value is -1.64. The standard InChI is InChI=1S/C27H34O5S2/c1-5-17(30-15-19-16-31-19)13-29-18(6-2)14-32-27-23-10-8-20(33-3)11-24(23)26(28)22-9-7-21(34-4)12-25(22)27/h7-12,17-19,28H,5-6,13-16H2,1-4H3. The average molecular weight is 503 g/mol. The van der Waals surface area contributed by atoms with E-state index in [-0.39, 0.29) is 18.3 Å². The van der Waals surface area contributed by atoms with Crippen molar-refractivity contribution in [1.29, 1.82) is 0 Å². The van der Waals surface area contributed by atoms with Gasteiger partial charge in [-0.25, -0.2) is 0 Å². The fourth-order valence-corrected chi connectivity index (χ4v) is 4.81. The third-order valence-corrected chi connectivity index (χ3v) is 7.67. The Bertz CT molecular complexity index is 1120. The van der Waals surface area contributed by atoms with Crippen LogP contribution in [0, 0.1) is 0 Å². The first-order chi connectivity index (χ1) is 16.6. The minimum Gasteiger partial charge on any atom is -0.507 e. The second-order valence-electron chi connectivity index (χ2n) is 8.49. The van der Waals surface area contributed by atoms with Crippen molar-refractivity contribution < 1.29 is 24.1 Å². The van der Waals surface area contributed by atoms with E-state index in [1.54, 1.807) is 23.5 Å². The highest BCUT2D eigenvalue weighted by molar-refractivity contribution is 7.98. The molecule has 3 aromatic rings. The number of thioether (sulfide) groups is 2. The van der Waals surface area contributed by atoms with Crippen molar-refractivity contribution in [3.8, 4) is 11.5 Å². The Morgan fingerprint density at radius 3 is 2.12 bits per heavy atom. The average Bonchev–Trinajstić information content (AvgIpc) is 3.71. The van der Waals surface area contributed by atoms with Crippen LogP contribution in [0.1, 0.15) is 26.7 Å². The van der Waals surface area contributed by atoms with Crippen molar-refractivity contribution in [2.24, 2.45) is 0 Å². The smallest absolute Gasteiger partial charge is 0.135 e. The topological polar surface area (TPSA) is 60.5 Å². The number of benzene rings is 3. The Balaban J connectivity index is 1.57. The van der Waals surface area contributed by atoms with E-state index in [9.17, 15) is 5.11 Å². The molecule has 184 valence electrons. The molecule has 0 aliphatic carbocycles. The number of aromatic hydroxyl groups is 1. The minimum absolute atomic E-state index is 0.0528. The van der Waals surface area contributed by atoms with Crippen molar-refractivity contribution >= 4 is 45.1 Å². The molecule has 5 nitrogen and oxygen atoms in total. The summed E-state index contributed by atoms with van der Waals surface area (Å²) < 4.78 is 23.8. The Labute approximate surface area is 210 Å². The summed E-state index contributed by atoms with van der Waals surface area (Å²) in [4.78, 5) is 2.23. The highest BCUT2D eigenvalue weighted by Gasteiger charge is 2.24. The summed E-state index contributed by atoms with van der Waals surface area (Å²) in [6.45, 7) is 6.62. The van der Waals surface area contributed by atoms with Crippen LogP contribution in [0.5, 0.6) is 11.5 Å². The van der Waals surface area contributed by atoms with E-state index < -0.39 is 0 Å². The maximum absolute atomic E-state index is 11.1. The van der Waals surface area contributed by atoms with Gasteiger partial charge in [0.2, 0.25) is 0 Å². The van der Waals surface area contributed by atoms with E-state index in [1.165, 1.54) is 0 Å². The molecule has 7 heteroatoms. The number of epoxide rings is 1. The molecule has 1 fully saturated rings. The number of fused-ring (bicyclic) bond motifs is 2. The molecule has 1 aliphatic rings. The van der Waals surface area contributed by atoms with E-state index in [4.69, 9.17) is 18.9 Å². The van der Waals surface area contributed by atoms with Crippen LogP contribution in [0.3, 0.4) is 0 Å². The van der Waals surface area contributed by atoms with Gasteiger partial charge in [0.25, 0.3) is 0 Å². The number of hydrogen-bond acceptors (Lipinski definition) is 7. The van der Waals surface area contributed by atoms with Gasteiger partial charge in [-0.2, -0.15) is 0 Å². The lowest BCUT2D eigenvalue weighted by atomic mass is 10.0. The largest absolute Gasteiger partial charge is 0.507 e. The second kappa shape index (κ2) is 11.9. The molecule has 1 aliphatic heterocycles. The molecule has 0 saturated carbocycles. The molecule has 34 heavy (non-hydrogen) atoms. The monoisotopic (exact) mass is 502 g/mol. The van der Waals surface area contributed by atoms with Gasteiger partial charge in [-0.1, -0.05) is 13.8 Å². The first-order valence-electron chi connectivity index (χ1n) is 11.9. The zero-order chi connectivity index (χ0) is 24.1. The van der Waals surface area contributed by atoms with Gasteiger partial charge < -0.3 is 24.1 Å². The molecular formula is C27H34O5S2. The lowest BCUT2D eigenvalue weighted by Crippen LogP contribution is -2.28. The first-order valence-corrected chi connectivity index (χ1v) is 14.3. The number of ether oxygens (including phenoxy) is 4. The summed E-state index contributed by atoms with van der Waals surface area (Å²) in [6.07, 6.45) is 6.08. The van der Waals surface area contributed by atoms with Crippen molar-refractivity contribution in [3.05, 3.63) is 36.4 Å². The first kappa shape index (κ1) is 25.5. The fourth-order valence-electron chi connectivity index (χ4n) is 3.93. The van der Waals surface area contributed by atoms with Crippen LogP contribution in [0.25, 0.3) is 21.5 Å². The molecule has 0 radical (unpaired) electrons. The van der Waals surface area contributed by atoms with Gasteiger partial charge in [-0.15, -0.1) is 23.5 Å². The fraction of sp³-hybridized carbons (Fsp3) is 0.481. The molecule has 1 heterocycles.